The first-order valence-corrected chi connectivity index (χ1v) is 6.12. The van der Waals surface area contributed by atoms with Crippen LogP contribution in [0.2, 0.25) is 0 Å². The molecule has 0 fully saturated rings. The summed E-state index contributed by atoms with van der Waals surface area (Å²) in [5.41, 5.74) is 2.23. The quantitative estimate of drug-likeness (QED) is 0.615. The first kappa shape index (κ1) is 13.3. The van der Waals surface area contributed by atoms with Crippen LogP contribution in [0.5, 0.6) is 0 Å². The zero-order valence-electron chi connectivity index (χ0n) is 10.9. The number of nitrogens with one attached hydrogen (secondary N) is 2. The Labute approximate surface area is 111 Å². The van der Waals surface area contributed by atoms with Crippen LogP contribution in [-0.4, -0.2) is 35.9 Å². The maximum Gasteiger partial charge on any atom is 0.272 e. The predicted octanol–water partition coefficient (Wildman–Crippen LogP) is 1.89. The molecule has 0 saturated heterocycles. The Bertz CT molecular complexity index is 589. The van der Waals surface area contributed by atoms with Crippen molar-refractivity contribution < 1.29 is 9.53 Å². The van der Waals surface area contributed by atoms with E-state index in [2.05, 4.69) is 22.1 Å². The molecule has 0 atom stereocenters. The van der Waals surface area contributed by atoms with Gasteiger partial charge in [0.25, 0.3) is 5.91 Å². The molecule has 0 spiro atoms. The molecule has 5 nitrogen and oxygen atoms in total. The Morgan fingerprint density at radius 2 is 2.26 bits per heavy atom. The number of para-hydroxylation sites is 1. The molecule has 1 heterocycles. The number of benzene rings is 1. The molecule has 0 aliphatic rings. The Kier molecular flexibility index (Phi) is 4.30. The summed E-state index contributed by atoms with van der Waals surface area (Å²) in [4.78, 5) is 12.0. The number of aromatic nitrogens is 2. The van der Waals surface area contributed by atoms with Gasteiger partial charge in [-0.25, -0.2) is 0 Å². The highest BCUT2D eigenvalue weighted by Gasteiger charge is 2.12. The van der Waals surface area contributed by atoms with Crippen LogP contribution in [0.3, 0.4) is 0 Å². The fraction of sp³-hybridized carbons (Fsp3) is 0.286. The van der Waals surface area contributed by atoms with Crippen molar-refractivity contribution in [1.29, 1.82) is 0 Å². The van der Waals surface area contributed by atoms with Gasteiger partial charge in [-0.2, -0.15) is 5.10 Å². The second-order valence-electron chi connectivity index (χ2n) is 4.38. The second kappa shape index (κ2) is 6.15. The molecule has 19 heavy (non-hydrogen) atoms. The van der Waals surface area contributed by atoms with Gasteiger partial charge in [-0.3, -0.25) is 9.89 Å². The monoisotopic (exact) mass is 259 g/mol. The maximum absolute atomic E-state index is 12.0. The van der Waals surface area contributed by atoms with Crippen molar-refractivity contribution in [3.05, 3.63) is 42.1 Å². The second-order valence-corrected chi connectivity index (χ2v) is 4.38. The number of carbonyl (C=O) groups excluding carboxylic acids is 1. The average molecular weight is 259 g/mol. The van der Waals surface area contributed by atoms with Crippen LogP contribution < -0.4 is 5.32 Å². The van der Waals surface area contributed by atoms with Crippen LogP contribution >= 0.6 is 0 Å². The van der Waals surface area contributed by atoms with Crippen LogP contribution in [-0.2, 0) is 4.74 Å². The van der Waals surface area contributed by atoms with E-state index in [-0.39, 0.29) is 5.91 Å². The molecule has 0 aliphatic carbocycles. The van der Waals surface area contributed by atoms with Gasteiger partial charge in [-0.05, 0) is 13.0 Å². The average Bonchev–Trinajstić information content (AvgIpc) is 2.81. The lowest BCUT2D eigenvalue weighted by molar-refractivity contribution is 0.0923. The molecule has 0 saturated carbocycles. The number of rotatable bonds is 6. The van der Waals surface area contributed by atoms with E-state index in [4.69, 9.17) is 4.74 Å². The number of fused-ring (bicyclic) bond motifs is 1. The van der Waals surface area contributed by atoms with Gasteiger partial charge in [0, 0.05) is 11.9 Å². The van der Waals surface area contributed by atoms with E-state index in [0.29, 0.717) is 25.5 Å². The minimum atomic E-state index is -0.198. The van der Waals surface area contributed by atoms with Crippen molar-refractivity contribution in [1.82, 2.24) is 15.5 Å². The van der Waals surface area contributed by atoms with Crippen LogP contribution in [0.15, 0.2) is 36.4 Å². The molecule has 1 aromatic heterocycles. The highest BCUT2D eigenvalue weighted by Crippen LogP contribution is 2.14. The summed E-state index contributed by atoms with van der Waals surface area (Å²) in [6.45, 7) is 7.06. The molecule has 1 amide bonds. The van der Waals surface area contributed by atoms with Gasteiger partial charge in [0.05, 0.1) is 18.7 Å². The van der Waals surface area contributed by atoms with Crippen LogP contribution in [0.1, 0.15) is 17.4 Å². The summed E-state index contributed by atoms with van der Waals surface area (Å²) in [5.74, 6) is -0.198. The van der Waals surface area contributed by atoms with Gasteiger partial charge in [0.2, 0.25) is 0 Å². The molecule has 0 radical (unpaired) electrons. The number of H-pyrrole nitrogens is 1. The molecular weight excluding hydrogens is 242 g/mol. The number of amides is 1. The van der Waals surface area contributed by atoms with E-state index >= 15 is 0 Å². The molecule has 0 bridgehead atoms. The van der Waals surface area contributed by atoms with E-state index in [9.17, 15) is 4.79 Å². The van der Waals surface area contributed by atoms with Gasteiger partial charge in [-0.15, -0.1) is 0 Å². The van der Waals surface area contributed by atoms with E-state index in [1.807, 2.05) is 31.2 Å². The third-order valence-corrected chi connectivity index (χ3v) is 2.57. The third-order valence-electron chi connectivity index (χ3n) is 2.57. The number of ether oxygens (including phenoxy) is 1. The molecule has 2 aromatic rings. The van der Waals surface area contributed by atoms with Gasteiger partial charge in [0.15, 0.2) is 5.69 Å². The van der Waals surface area contributed by atoms with Gasteiger partial charge >= 0.3 is 0 Å². The van der Waals surface area contributed by atoms with Crippen LogP contribution in [0.25, 0.3) is 10.9 Å². The van der Waals surface area contributed by atoms with E-state index < -0.39 is 0 Å². The summed E-state index contributed by atoms with van der Waals surface area (Å²) < 4.78 is 5.31. The molecule has 2 N–H and O–H groups in total. The Balaban J connectivity index is 1.88. The number of nitrogens with zero attached hydrogens (tertiary/aromatic N) is 1. The largest absolute Gasteiger partial charge is 0.375 e. The van der Waals surface area contributed by atoms with E-state index in [1.54, 1.807) is 0 Å². The summed E-state index contributed by atoms with van der Waals surface area (Å²) in [5, 5.41) is 10.5. The molecular formula is C14H17N3O2. The normalized spacial score (nSPS) is 10.6. The first-order valence-electron chi connectivity index (χ1n) is 6.12. The highest BCUT2D eigenvalue weighted by atomic mass is 16.5. The zero-order valence-corrected chi connectivity index (χ0v) is 10.9. The van der Waals surface area contributed by atoms with Crippen molar-refractivity contribution in [3.63, 3.8) is 0 Å². The summed E-state index contributed by atoms with van der Waals surface area (Å²) >= 11 is 0. The minimum absolute atomic E-state index is 0.198. The lowest BCUT2D eigenvalue weighted by atomic mass is 10.2. The Morgan fingerprint density at radius 1 is 1.47 bits per heavy atom. The van der Waals surface area contributed by atoms with Crippen LogP contribution in [0.4, 0.5) is 0 Å². The SMILES string of the molecule is C=C(C)COCCNC(=O)c1n[nH]c2ccccc12. The zero-order chi connectivity index (χ0) is 13.7. The fourth-order valence-electron chi connectivity index (χ4n) is 1.70. The van der Waals surface area contributed by atoms with Crippen molar-refractivity contribution in [2.24, 2.45) is 0 Å². The maximum atomic E-state index is 12.0. The standard InChI is InChI=1S/C14H17N3O2/c1-10(2)9-19-8-7-15-14(18)13-11-5-3-4-6-12(11)16-17-13/h3-6H,1,7-9H2,2H3,(H,15,18)(H,16,17). The number of hydrogen-bond acceptors (Lipinski definition) is 3. The van der Waals surface area contributed by atoms with Gasteiger partial charge < -0.3 is 10.1 Å². The van der Waals surface area contributed by atoms with Crippen LogP contribution in [0, 0.1) is 0 Å². The van der Waals surface area contributed by atoms with E-state index in [0.717, 1.165) is 16.5 Å². The summed E-state index contributed by atoms with van der Waals surface area (Å²) in [6, 6.07) is 7.53. The number of carbonyl (C=O) groups is 1. The third kappa shape index (κ3) is 3.42. The molecule has 0 unspecified atom stereocenters. The van der Waals surface area contributed by atoms with E-state index in [1.165, 1.54) is 0 Å². The predicted molar refractivity (Wildman–Crippen MR) is 74.1 cm³/mol. The Hall–Kier alpha value is -2.14. The van der Waals surface area contributed by atoms with Gasteiger partial charge in [0.1, 0.15) is 0 Å². The molecule has 2 rings (SSSR count). The minimum Gasteiger partial charge on any atom is -0.375 e. The molecule has 100 valence electrons. The van der Waals surface area contributed by atoms with Gasteiger partial charge in [-0.1, -0.05) is 30.4 Å². The topological polar surface area (TPSA) is 67.0 Å². The number of hydrogen-bond donors (Lipinski definition) is 2. The fourth-order valence-corrected chi connectivity index (χ4v) is 1.70. The highest BCUT2D eigenvalue weighted by molar-refractivity contribution is 6.04. The van der Waals surface area contributed by atoms with Crippen molar-refractivity contribution in [2.45, 2.75) is 6.92 Å². The van der Waals surface area contributed by atoms with Crippen molar-refractivity contribution >= 4 is 16.8 Å². The summed E-state index contributed by atoms with van der Waals surface area (Å²) in [6.07, 6.45) is 0. The first-order chi connectivity index (χ1) is 9.18. The lowest BCUT2D eigenvalue weighted by Gasteiger charge is -2.05. The van der Waals surface area contributed by atoms with Crippen molar-refractivity contribution in [2.75, 3.05) is 19.8 Å². The van der Waals surface area contributed by atoms with Crippen molar-refractivity contribution in [3.8, 4) is 0 Å². The lowest BCUT2D eigenvalue weighted by Crippen LogP contribution is -2.27. The number of aromatic amines is 1. The molecule has 5 heteroatoms. The smallest absolute Gasteiger partial charge is 0.272 e. The Morgan fingerprint density at radius 3 is 3.05 bits per heavy atom. The molecule has 0 aliphatic heterocycles. The molecule has 1 aromatic carbocycles. The summed E-state index contributed by atoms with van der Waals surface area (Å²) in [7, 11) is 0.